The smallest absolute Gasteiger partial charge is 0.183 e. The van der Waals surface area contributed by atoms with Crippen molar-refractivity contribution in [2.75, 3.05) is 11.9 Å². The number of rotatable bonds is 5. The molecule has 2 aromatic rings. The highest BCUT2D eigenvalue weighted by Crippen LogP contribution is 2.32. The molecule has 0 radical (unpaired) electrons. The third-order valence-corrected chi connectivity index (χ3v) is 3.15. The first-order valence-electron chi connectivity index (χ1n) is 6.15. The molecule has 1 aromatic carbocycles. The molecule has 1 aromatic heterocycles. The van der Waals surface area contributed by atoms with Gasteiger partial charge in [0.05, 0.1) is 12.3 Å². The summed E-state index contributed by atoms with van der Waals surface area (Å²) in [7, 11) is 0. The predicted octanol–water partition coefficient (Wildman–Crippen LogP) is 4.03. The van der Waals surface area contributed by atoms with Gasteiger partial charge in [0.2, 0.25) is 0 Å². The lowest BCUT2D eigenvalue weighted by Crippen LogP contribution is -2.09. The van der Waals surface area contributed by atoms with E-state index in [4.69, 9.17) is 4.74 Å². The molecule has 0 aliphatic carbocycles. The van der Waals surface area contributed by atoms with E-state index in [1.54, 1.807) is 11.3 Å². The molecule has 18 heavy (non-hydrogen) atoms. The van der Waals surface area contributed by atoms with Gasteiger partial charge in [-0.3, -0.25) is 0 Å². The molecule has 0 unspecified atom stereocenters. The summed E-state index contributed by atoms with van der Waals surface area (Å²) in [5, 5.41) is 6.32. The van der Waals surface area contributed by atoms with E-state index in [0.29, 0.717) is 12.6 Å². The van der Waals surface area contributed by atoms with Crippen LogP contribution in [0.4, 0.5) is 5.13 Å². The Kier molecular flexibility index (Phi) is 4.20. The van der Waals surface area contributed by atoms with Gasteiger partial charge in [0.15, 0.2) is 5.13 Å². The number of hydrogen-bond donors (Lipinski definition) is 1. The average molecular weight is 262 g/mol. The summed E-state index contributed by atoms with van der Waals surface area (Å²) in [6, 6.07) is 8.40. The van der Waals surface area contributed by atoms with Gasteiger partial charge in [0.1, 0.15) is 5.75 Å². The SMILES string of the molecule is CCOc1ccccc1-c1csc(NC(C)C)n1. The summed E-state index contributed by atoms with van der Waals surface area (Å²) >= 11 is 1.62. The third kappa shape index (κ3) is 3.01. The Morgan fingerprint density at radius 2 is 2.11 bits per heavy atom. The van der Waals surface area contributed by atoms with Crippen molar-refractivity contribution in [1.82, 2.24) is 4.98 Å². The summed E-state index contributed by atoms with van der Waals surface area (Å²) < 4.78 is 5.63. The van der Waals surface area contributed by atoms with Crippen LogP contribution >= 0.6 is 11.3 Å². The van der Waals surface area contributed by atoms with Gasteiger partial charge in [-0.25, -0.2) is 4.98 Å². The fraction of sp³-hybridized carbons (Fsp3) is 0.357. The molecular formula is C14H18N2OS. The van der Waals surface area contributed by atoms with Crippen molar-refractivity contribution in [3.63, 3.8) is 0 Å². The van der Waals surface area contributed by atoms with Gasteiger partial charge in [0.25, 0.3) is 0 Å². The number of nitrogens with zero attached hydrogens (tertiary/aromatic N) is 1. The van der Waals surface area contributed by atoms with Crippen molar-refractivity contribution in [1.29, 1.82) is 0 Å². The first-order valence-corrected chi connectivity index (χ1v) is 7.03. The molecule has 3 nitrogen and oxygen atoms in total. The molecule has 4 heteroatoms. The van der Waals surface area contributed by atoms with E-state index in [1.165, 1.54) is 0 Å². The summed E-state index contributed by atoms with van der Waals surface area (Å²) in [5.74, 6) is 0.890. The largest absolute Gasteiger partial charge is 0.493 e. The number of ether oxygens (including phenoxy) is 1. The summed E-state index contributed by atoms with van der Waals surface area (Å²) in [6.07, 6.45) is 0. The molecule has 0 spiro atoms. The van der Waals surface area contributed by atoms with Crippen molar-refractivity contribution >= 4 is 16.5 Å². The Hall–Kier alpha value is -1.55. The van der Waals surface area contributed by atoms with Crippen molar-refractivity contribution < 1.29 is 4.74 Å². The molecule has 96 valence electrons. The van der Waals surface area contributed by atoms with Crippen LogP contribution < -0.4 is 10.1 Å². The van der Waals surface area contributed by atoms with E-state index < -0.39 is 0 Å². The second-order valence-corrected chi connectivity index (χ2v) is 5.12. The van der Waals surface area contributed by atoms with E-state index in [9.17, 15) is 0 Å². The molecule has 0 saturated heterocycles. The molecule has 0 bridgehead atoms. The van der Waals surface area contributed by atoms with Crippen molar-refractivity contribution in [3.05, 3.63) is 29.6 Å². The molecule has 0 aliphatic rings. The third-order valence-electron chi connectivity index (χ3n) is 2.38. The van der Waals surface area contributed by atoms with Crippen LogP contribution in [0.25, 0.3) is 11.3 Å². The van der Waals surface area contributed by atoms with Gasteiger partial charge in [-0.1, -0.05) is 12.1 Å². The van der Waals surface area contributed by atoms with Crippen LogP contribution in [-0.4, -0.2) is 17.6 Å². The fourth-order valence-electron chi connectivity index (χ4n) is 1.67. The standard InChI is InChI=1S/C14H18N2OS/c1-4-17-13-8-6-5-7-11(13)12-9-18-14(16-12)15-10(2)3/h5-10H,4H2,1-3H3,(H,15,16). The molecule has 0 saturated carbocycles. The number of anilines is 1. The first-order chi connectivity index (χ1) is 8.70. The molecule has 0 atom stereocenters. The van der Waals surface area contributed by atoms with Crippen LogP contribution in [0.1, 0.15) is 20.8 Å². The van der Waals surface area contributed by atoms with Crippen molar-refractivity contribution in [2.45, 2.75) is 26.8 Å². The molecule has 1 N–H and O–H groups in total. The minimum Gasteiger partial charge on any atom is -0.493 e. The van der Waals surface area contributed by atoms with E-state index in [-0.39, 0.29) is 0 Å². The molecule has 1 heterocycles. The number of aromatic nitrogens is 1. The highest BCUT2D eigenvalue weighted by atomic mass is 32.1. The van der Waals surface area contributed by atoms with Gasteiger partial charge in [0, 0.05) is 17.0 Å². The van der Waals surface area contributed by atoms with E-state index in [0.717, 1.165) is 22.1 Å². The Morgan fingerprint density at radius 1 is 1.33 bits per heavy atom. The Morgan fingerprint density at radius 3 is 2.83 bits per heavy atom. The highest BCUT2D eigenvalue weighted by molar-refractivity contribution is 7.14. The van der Waals surface area contributed by atoms with Gasteiger partial charge < -0.3 is 10.1 Å². The summed E-state index contributed by atoms with van der Waals surface area (Å²) in [6.45, 7) is 6.87. The normalized spacial score (nSPS) is 10.7. The highest BCUT2D eigenvalue weighted by Gasteiger charge is 2.09. The van der Waals surface area contributed by atoms with E-state index >= 15 is 0 Å². The topological polar surface area (TPSA) is 34.1 Å². The lowest BCUT2D eigenvalue weighted by atomic mass is 10.1. The lowest BCUT2D eigenvalue weighted by molar-refractivity contribution is 0.341. The molecule has 0 amide bonds. The second kappa shape index (κ2) is 5.87. The van der Waals surface area contributed by atoms with Gasteiger partial charge >= 0.3 is 0 Å². The van der Waals surface area contributed by atoms with Crippen molar-refractivity contribution in [2.24, 2.45) is 0 Å². The van der Waals surface area contributed by atoms with Crippen molar-refractivity contribution in [3.8, 4) is 17.0 Å². The maximum absolute atomic E-state index is 5.63. The zero-order chi connectivity index (χ0) is 13.0. The van der Waals surface area contributed by atoms with E-state index in [1.807, 2.05) is 31.2 Å². The predicted molar refractivity (Wildman–Crippen MR) is 77.5 cm³/mol. The number of hydrogen-bond acceptors (Lipinski definition) is 4. The minimum absolute atomic E-state index is 0.395. The zero-order valence-electron chi connectivity index (χ0n) is 10.9. The maximum Gasteiger partial charge on any atom is 0.183 e. The molecular weight excluding hydrogens is 244 g/mol. The monoisotopic (exact) mass is 262 g/mol. The van der Waals surface area contributed by atoms with Gasteiger partial charge in [-0.2, -0.15) is 0 Å². The first kappa shape index (κ1) is 12.9. The molecule has 2 rings (SSSR count). The zero-order valence-corrected chi connectivity index (χ0v) is 11.8. The van der Waals surface area contributed by atoms with E-state index in [2.05, 4.69) is 29.5 Å². The average Bonchev–Trinajstić information content (AvgIpc) is 2.77. The maximum atomic E-state index is 5.63. The number of thiazole rings is 1. The second-order valence-electron chi connectivity index (χ2n) is 4.27. The lowest BCUT2D eigenvalue weighted by Gasteiger charge is -2.08. The van der Waals surface area contributed by atoms with Crippen LogP contribution in [-0.2, 0) is 0 Å². The number of nitrogens with one attached hydrogen (secondary N) is 1. The van der Waals surface area contributed by atoms with Gasteiger partial charge in [-0.15, -0.1) is 11.3 Å². The number of para-hydroxylation sites is 1. The summed E-state index contributed by atoms with van der Waals surface area (Å²) in [5.41, 5.74) is 2.01. The molecule has 0 fully saturated rings. The van der Waals surface area contributed by atoms with Crippen LogP contribution in [0.15, 0.2) is 29.6 Å². The molecule has 0 aliphatic heterocycles. The Bertz CT molecular complexity index is 508. The van der Waals surface area contributed by atoms with Crippen LogP contribution in [0, 0.1) is 0 Å². The Labute approximate surface area is 112 Å². The Balaban J connectivity index is 2.28. The van der Waals surface area contributed by atoms with Crippen LogP contribution in [0.2, 0.25) is 0 Å². The quantitative estimate of drug-likeness (QED) is 0.883. The van der Waals surface area contributed by atoms with Gasteiger partial charge in [-0.05, 0) is 32.9 Å². The van der Waals surface area contributed by atoms with Crippen LogP contribution in [0.5, 0.6) is 5.75 Å². The van der Waals surface area contributed by atoms with Crippen LogP contribution in [0.3, 0.4) is 0 Å². The fourth-order valence-corrected chi connectivity index (χ4v) is 2.53. The minimum atomic E-state index is 0.395. The number of benzene rings is 1. The summed E-state index contributed by atoms with van der Waals surface area (Å²) in [4.78, 5) is 4.59.